The third-order valence-corrected chi connectivity index (χ3v) is 3.44. The van der Waals surface area contributed by atoms with Crippen LogP contribution in [0.1, 0.15) is 16.5 Å². The van der Waals surface area contributed by atoms with Gasteiger partial charge in [-0.15, -0.1) is 11.3 Å². The minimum atomic E-state index is -0.568. The van der Waals surface area contributed by atoms with Crippen LogP contribution in [0.15, 0.2) is 35.7 Å². The molecule has 2 aromatic rings. The fourth-order valence-electron chi connectivity index (χ4n) is 1.70. The van der Waals surface area contributed by atoms with Gasteiger partial charge in [0, 0.05) is 10.9 Å². The summed E-state index contributed by atoms with van der Waals surface area (Å²) in [6.45, 7) is 0. The van der Waals surface area contributed by atoms with E-state index >= 15 is 0 Å². The number of benzene rings is 1. The number of nitrogens with one attached hydrogen (secondary N) is 1. The second-order valence-electron chi connectivity index (χ2n) is 3.72. The molecule has 0 amide bonds. The molecular formula is C12H12F2N2S. The van der Waals surface area contributed by atoms with Gasteiger partial charge >= 0.3 is 0 Å². The summed E-state index contributed by atoms with van der Waals surface area (Å²) < 4.78 is 26.1. The lowest BCUT2D eigenvalue weighted by atomic mass is 10.0. The van der Waals surface area contributed by atoms with Crippen LogP contribution >= 0.6 is 11.3 Å². The van der Waals surface area contributed by atoms with E-state index in [2.05, 4.69) is 5.43 Å². The Hall–Kier alpha value is -1.30. The molecular weight excluding hydrogens is 242 g/mol. The van der Waals surface area contributed by atoms with E-state index in [9.17, 15) is 8.78 Å². The highest BCUT2D eigenvalue weighted by atomic mass is 32.1. The predicted molar refractivity (Wildman–Crippen MR) is 64.4 cm³/mol. The number of hydrazine groups is 1. The zero-order chi connectivity index (χ0) is 12.3. The average molecular weight is 254 g/mol. The Balaban J connectivity index is 2.18. The standard InChI is InChI=1S/C12H12F2N2S/c13-9-4-8(5-10(14)7-9)6-11(16-15)12-2-1-3-17-12/h1-5,7,11,16H,6,15H2. The van der Waals surface area contributed by atoms with Crippen LogP contribution in [0.2, 0.25) is 0 Å². The Bertz CT molecular complexity index is 465. The van der Waals surface area contributed by atoms with E-state index in [0.29, 0.717) is 12.0 Å². The van der Waals surface area contributed by atoms with Crippen molar-refractivity contribution >= 4 is 11.3 Å². The second kappa shape index (κ2) is 5.35. The number of thiophene rings is 1. The first-order valence-corrected chi connectivity index (χ1v) is 6.01. The van der Waals surface area contributed by atoms with Crippen molar-refractivity contribution in [1.29, 1.82) is 0 Å². The van der Waals surface area contributed by atoms with Gasteiger partial charge in [0.15, 0.2) is 0 Å². The number of hydrogen-bond donors (Lipinski definition) is 2. The van der Waals surface area contributed by atoms with Crippen molar-refractivity contribution in [2.24, 2.45) is 5.84 Å². The van der Waals surface area contributed by atoms with Gasteiger partial charge in [-0.3, -0.25) is 11.3 Å². The van der Waals surface area contributed by atoms with E-state index in [1.165, 1.54) is 12.1 Å². The Kier molecular flexibility index (Phi) is 3.83. The molecule has 0 saturated carbocycles. The lowest BCUT2D eigenvalue weighted by Gasteiger charge is -2.14. The zero-order valence-electron chi connectivity index (χ0n) is 8.99. The predicted octanol–water partition coefficient (Wildman–Crippen LogP) is 2.77. The van der Waals surface area contributed by atoms with Gasteiger partial charge in [0.25, 0.3) is 0 Å². The summed E-state index contributed by atoms with van der Waals surface area (Å²) in [5.74, 6) is 4.32. The van der Waals surface area contributed by atoms with Crippen molar-refractivity contribution in [3.63, 3.8) is 0 Å². The molecule has 0 bridgehead atoms. The summed E-state index contributed by atoms with van der Waals surface area (Å²) >= 11 is 1.55. The molecule has 2 rings (SSSR count). The van der Waals surface area contributed by atoms with E-state index in [0.717, 1.165) is 10.9 Å². The molecule has 1 aromatic heterocycles. The average Bonchev–Trinajstić information content (AvgIpc) is 2.77. The van der Waals surface area contributed by atoms with Crippen LogP contribution in [-0.2, 0) is 6.42 Å². The van der Waals surface area contributed by atoms with E-state index in [4.69, 9.17) is 5.84 Å². The van der Waals surface area contributed by atoms with Gasteiger partial charge in [0.05, 0.1) is 6.04 Å². The van der Waals surface area contributed by atoms with Crippen LogP contribution in [0, 0.1) is 11.6 Å². The minimum absolute atomic E-state index is 0.129. The minimum Gasteiger partial charge on any atom is -0.271 e. The Morgan fingerprint density at radius 1 is 1.24 bits per heavy atom. The molecule has 90 valence electrons. The van der Waals surface area contributed by atoms with Gasteiger partial charge in [0.1, 0.15) is 11.6 Å². The van der Waals surface area contributed by atoms with Crippen molar-refractivity contribution in [1.82, 2.24) is 5.43 Å². The number of nitrogens with two attached hydrogens (primary N) is 1. The molecule has 1 unspecified atom stereocenters. The molecule has 0 radical (unpaired) electrons. The summed E-state index contributed by atoms with van der Waals surface area (Å²) in [6.07, 6.45) is 0.450. The quantitative estimate of drug-likeness (QED) is 0.650. The number of hydrogen-bond acceptors (Lipinski definition) is 3. The molecule has 0 fully saturated rings. The third kappa shape index (κ3) is 3.09. The van der Waals surface area contributed by atoms with Crippen LogP contribution in [0.5, 0.6) is 0 Å². The molecule has 2 nitrogen and oxygen atoms in total. The first kappa shape index (κ1) is 12.2. The highest BCUT2D eigenvalue weighted by molar-refractivity contribution is 7.10. The van der Waals surface area contributed by atoms with Crippen LogP contribution in [-0.4, -0.2) is 0 Å². The first-order valence-electron chi connectivity index (χ1n) is 5.13. The summed E-state index contributed by atoms with van der Waals surface area (Å²) in [5.41, 5.74) is 3.24. The van der Waals surface area contributed by atoms with E-state index in [1.54, 1.807) is 11.3 Å². The van der Waals surface area contributed by atoms with Crippen molar-refractivity contribution < 1.29 is 8.78 Å². The van der Waals surface area contributed by atoms with Crippen molar-refractivity contribution in [2.75, 3.05) is 0 Å². The second-order valence-corrected chi connectivity index (χ2v) is 4.70. The molecule has 1 atom stereocenters. The molecule has 17 heavy (non-hydrogen) atoms. The highest BCUT2D eigenvalue weighted by Gasteiger charge is 2.12. The Labute approximate surface area is 102 Å². The topological polar surface area (TPSA) is 38.0 Å². The first-order chi connectivity index (χ1) is 8.19. The van der Waals surface area contributed by atoms with Crippen LogP contribution in [0.3, 0.4) is 0 Å². The van der Waals surface area contributed by atoms with Crippen LogP contribution in [0.25, 0.3) is 0 Å². The zero-order valence-corrected chi connectivity index (χ0v) is 9.81. The Morgan fingerprint density at radius 3 is 2.47 bits per heavy atom. The monoisotopic (exact) mass is 254 g/mol. The molecule has 0 aliphatic rings. The van der Waals surface area contributed by atoms with Gasteiger partial charge in [-0.1, -0.05) is 6.07 Å². The van der Waals surface area contributed by atoms with Crippen LogP contribution in [0.4, 0.5) is 8.78 Å². The third-order valence-electron chi connectivity index (χ3n) is 2.45. The SMILES string of the molecule is NNC(Cc1cc(F)cc(F)c1)c1cccs1. The summed E-state index contributed by atoms with van der Waals surface area (Å²) in [6, 6.07) is 7.22. The fraction of sp³-hybridized carbons (Fsp3) is 0.167. The molecule has 0 spiro atoms. The normalized spacial score (nSPS) is 12.6. The molecule has 3 N–H and O–H groups in total. The molecule has 0 saturated heterocycles. The molecule has 1 heterocycles. The lowest BCUT2D eigenvalue weighted by Crippen LogP contribution is -2.29. The Morgan fingerprint density at radius 2 is 1.94 bits per heavy atom. The number of rotatable bonds is 4. The summed E-state index contributed by atoms with van der Waals surface area (Å²) in [5, 5.41) is 1.94. The maximum atomic E-state index is 13.0. The summed E-state index contributed by atoms with van der Waals surface area (Å²) in [7, 11) is 0. The van der Waals surface area contributed by atoms with E-state index in [1.807, 2.05) is 17.5 Å². The summed E-state index contributed by atoms with van der Waals surface area (Å²) in [4.78, 5) is 1.04. The molecule has 0 aliphatic carbocycles. The van der Waals surface area contributed by atoms with E-state index in [-0.39, 0.29) is 6.04 Å². The molecule has 1 aromatic carbocycles. The smallest absolute Gasteiger partial charge is 0.126 e. The van der Waals surface area contributed by atoms with Gasteiger partial charge in [0.2, 0.25) is 0 Å². The molecule has 0 aliphatic heterocycles. The lowest BCUT2D eigenvalue weighted by molar-refractivity contribution is 0.546. The van der Waals surface area contributed by atoms with Gasteiger partial charge in [-0.05, 0) is 35.6 Å². The maximum absolute atomic E-state index is 13.0. The van der Waals surface area contributed by atoms with Gasteiger partial charge < -0.3 is 0 Å². The van der Waals surface area contributed by atoms with Crippen molar-refractivity contribution in [3.05, 3.63) is 57.8 Å². The fourth-order valence-corrected chi connectivity index (χ4v) is 2.48. The van der Waals surface area contributed by atoms with Gasteiger partial charge in [-0.25, -0.2) is 8.78 Å². The van der Waals surface area contributed by atoms with Crippen molar-refractivity contribution in [2.45, 2.75) is 12.5 Å². The largest absolute Gasteiger partial charge is 0.271 e. The van der Waals surface area contributed by atoms with Crippen molar-refractivity contribution in [3.8, 4) is 0 Å². The number of halogens is 2. The highest BCUT2D eigenvalue weighted by Crippen LogP contribution is 2.22. The van der Waals surface area contributed by atoms with Gasteiger partial charge in [-0.2, -0.15) is 0 Å². The molecule has 5 heteroatoms. The van der Waals surface area contributed by atoms with E-state index < -0.39 is 11.6 Å². The van der Waals surface area contributed by atoms with Crippen LogP contribution < -0.4 is 11.3 Å². The maximum Gasteiger partial charge on any atom is 0.126 e.